The van der Waals surface area contributed by atoms with Crippen LogP contribution < -0.4 is 15.5 Å². The van der Waals surface area contributed by atoms with Crippen LogP contribution in [0.3, 0.4) is 0 Å². The minimum atomic E-state index is -0.138. The van der Waals surface area contributed by atoms with Crippen LogP contribution in [0.1, 0.15) is 13.8 Å². The molecule has 2 rings (SSSR count). The predicted octanol–water partition coefficient (Wildman–Crippen LogP) is 1.60. The average Bonchev–Trinajstić information content (AvgIpc) is 2.46. The molecule has 1 aliphatic heterocycles. The highest BCUT2D eigenvalue weighted by molar-refractivity contribution is 5.74. The molecule has 1 aromatic rings. The van der Waals surface area contributed by atoms with Crippen LogP contribution in [-0.4, -0.2) is 44.4 Å². The van der Waals surface area contributed by atoms with Crippen LogP contribution in [0.5, 0.6) is 0 Å². The first-order chi connectivity index (χ1) is 9.65. The quantitative estimate of drug-likeness (QED) is 0.879. The Bertz CT molecular complexity index is 422. The Morgan fingerprint density at radius 2 is 2.15 bits per heavy atom. The molecule has 1 aromatic carbocycles. The van der Waals surface area contributed by atoms with E-state index >= 15 is 0 Å². The van der Waals surface area contributed by atoms with Crippen molar-refractivity contribution >= 4 is 11.7 Å². The summed E-state index contributed by atoms with van der Waals surface area (Å²) in [4.78, 5) is 13.8. The first-order valence-electron chi connectivity index (χ1n) is 7.11. The van der Waals surface area contributed by atoms with Crippen LogP contribution in [0.2, 0.25) is 0 Å². The van der Waals surface area contributed by atoms with Crippen molar-refractivity contribution in [3.8, 4) is 0 Å². The van der Waals surface area contributed by atoms with Crippen molar-refractivity contribution in [2.24, 2.45) is 0 Å². The largest absolute Gasteiger partial charge is 0.373 e. The molecule has 5 heteroatoms. The van der Waals surface area contributed by atoms with Gasteiger partial charge in [0.25, 0.3) is 0 Å². The number of hydrogen-bond acceptors (Lipinski definition) is 3. The lowest BCUT2D eigenvalue weighted by Gasteiger charge is -2.34. The minimum Gasteiger partial charge on any atom is -0.373 e. The molecule has 20 heavy (non-hydrogen) atoms. The Labute approximate surface area is 120 Å². The summed E-state index contributed by atoms with van der Waals surface area (Å²) in [6, 6.07) is 10.3. The Hall–Kier alpha value is -1.75. The van der Waals surface area contributed by atoms with Gasteiger partial charge in [0, 0.05) is 31.4 Å². The lowest BCUT2D eigenvalue weighted by molar-refractivity contribution is 0.0424. The highest BCUT2D eigenvalue weighted by Gasteiger charge is 2.21. The van der Waals surface area contributed by atoms with E-state index in [9.17, 15) is 4.79 Å². The standard InChI is InChI=1S/C15H23N3O2/c1-12(2)17-15(19)16-10-14-11-18(8-9-20-14)13-6-4-3-5-7-13/h3-7,12,14H,8-11H2,1-2H3,(H2,16,17,19). The van der Waals surface area contributed by atoms with Gasteiger partial charge in [0.2, 0.25) is 0 Å². The number of para-hydroxylation sites is 1. The third-order valence-electron chi connectivity index (χ3n) is 3.17. The molecule has 1 fully saturated rings. The molecule has 0 spiro atoms. The number of benzene rings is 1. The van der Waals surface area contributed by atoms with Crippen LogP contribution in [0.4, 0.5) is 10.5 Å². The zero-order chi connectivity index (χ0) is 14.4. The fraction of sp³-hybridized carbons (Fsp3) is 0.533. The number of nitrogens with zero attached hydrogens (tertiary/aromatic N) is 1. The molecule has 0 saturated carbocycles. The van der Waals surface area contributed by atoms with Gasteiger partial charge in [-0.1, -0.05) is 18.2 Å². The van der Waals surface area contributed by atoms with Crippen molar-refractivity contribution in [3.63, 3.8) is 0 Å². The first kappa shape index (κ1) is 14.7. The fourth-order valence-corrected chi connectivity index (χ4v) is 2.24. The molecule has 0 bridgehead atoms. The van der Waals surface area contributed by atoms with Crippen molar-refractivity contribution in [1.82, 2.24) is 10.6 Å². The number of morpholine rings is 1. The highest BCUT2D eigenvalue weighted by atomic mass is 16.5. The van der Waals surface area contributed by atoms with E-state index in [1.54, 1.807) is 0 Å². The van der Waals surface area contributed by atoms with Gasteiger partial charge in [-0.2, -0.15) is 0 Å². The van der Waals surface area contributed by atoms with Gasteiger partial charge in [0.05, 0.1) is 12.7 Å². The number of nitrogens with one attached hydrogen (secondary N) is 2. The second kappa shape index (κ2) is 7.14. The molecule has 0 aromatic heterocycles. The molecular formula is C15H23N3O2. The lowest BCUT2D eigenvalue weighted by atomic mass is 10.2. The summed E-state index contributed by atoms with van der Waals surface area (Å²) < 4.78 is 5.70. The van der Waals surface area contributed by atoms with Gasteiger partial charge >= 0.3 is 6.03 Å². The summed E-state index contributed by atoms with van der Waals surface area (Å²) in [6.45, 7) is 6.78. The molecule has 0 radical (unpaired) electrons. The Morgan fingerprint density at radius 3 is 2.85 bits per heavy atom. The van der Waals surface area contributed by atoms with E-state index in [0.29, 0.717) is 13.2 Å². The van der Waals surface area contributed by atoms with E-state index in [1.165, 1.54) is 5.69 Å². The Balaban J connectivity index is 1.80. The van der Waals surface area contributed by atoms with E-state index < -0.39 is 0 Å². The zero-order valence-corrected chi connectivity index (χ0v) is 12.1. The number of carbonyl (C=O) groups is 1. The summed E-state index contributed by atoms with van der Waals surface area (Å²) >= 11 is 0. The van der Waals surface area contributed by atoms with Crippen molar-refractivity contribution in [2.45, 2.75) is 26.0 Å². The highest BCUT2D eigenvalue weighted by Crippen LogP contribution is 2.16. The monoisotopic (exact) mass is 277 g/mol. The number of carbonyl (C=O) groups excluding carboxylic acids is 1. The molecule has 2 N–H and O–H groups in total. The van der Waals surface area contributed by atoms with Crippen molar-refractivity contribution in [1.29, 1.82) is 0 Å². The Morgan fingerprint density at radius 1 is 1.40 bits per heavy atom. The molecule has 1 heterocycles. The first-order valence-corrected chi connectivity index (χ1v) is 7.11. The molecule has 0 aliphatic carbocycles. The molecule has 1 atom stereocenters. The molecule has 1 aliphatic rings. The summed E-state index contributed by atoms with van der Waals surface area (Å²) in [5.74, 6) is 0. The van der Waals surface area contributed by atoms with Crippen molar-refractivity contribution < 1.29 is 9.53 Å². The van der Waals surface area contributed by atoms with Gasteiger partial charge in [-0.25, -0.2) is 4.79 Å². The topological polar surface area (TPSA) is 53.6 Å². The zero-order valence-electron chi connectivity index (χ0n) is 12.1. The average molecular weight is 277 g/mol. The smallest absolute Gasteiger partial charge is 0.315 e. The third kappa shape index (κ3) is 4.42. The van der Waals surface area contributed by atoms with Crippen molar-refractivity contribution in [2.75, 3.05) is 31.1 Å². The van der Waals surface area contributed by atoms with Gasteiger partial charge in [0.1, 0.15) is 0 Å². The van der Waals surface area contributed by atoms with Crippen LogP contribution >= 0.6 is 0 Å². The van der Waals surface area contributed by atoms with Gasteiger partial charge in [-0.05, 0) is 26.0 Å². The van der Waals surface area contributed by atoms with E-state index in [-0.39, 0.29) is 18.2 Å². The number of amides is 2. The van der Waals surface area contributed by atoms with Crippen LogP contribution in [0, 0.1) is 0 Å². The van der Waals surface area contributed by atoms with Gasteiger partial charge in [0.15, 0.2) is 0 Å². The second-order valence-electron chi connectivity index (χ2n) is 5.28. The second-order valence-corrected chi connectivity index (χ2v) is 5.28. The predicted molar refractivity (Wildman–Crippen MR) is 80.1 cm³/mol. The van der Waals surface area contributed by atoms with Gasteiger partial charge in [-0.15, -0.1) is 0 Å². The molecule has 1 unspecified atom stereocenters. The number of rotatable bonds is 4. The summed E-state index contributed by atoms with van der Waals surface area (Å²) in [6.07, 6.45) is 0.0295. The van der Waals surface area contributed by atoms with E-state index in [4.69, 9.17) is 4.74 Å². The summed E-state index contributed by atoms with van der Waals surface area (Å²) in [5, 5.41) is 5.66. The molecule has 1 saturated heterocycles. The van der Waals surface area contributed by atoms with Crippen LogP contribution in [0.25, 0.3) is 0 Å². The van der Waals surface area contributed by atoms with Gasteiger partial charge < -0.3 is 20.3 Å². The third-order valence-corrected chi connectivity index (χ3v) is 3.17. The maximum absolute atomic E-state index is 11.6. The van der Waals surface area contributed by atoms with E-state index in [1.807, 2.05) is 32.0 Å². The normalized spacial score (nSPS) is 18.9. The lowest BCUT2D eigenvalue weighted by Crippen LogP contribution is -2.49. The minimum absolute atomic E-state index is 0.0295. The molecule has 2 amide bonds. The van der Waals surface area contributed by atoms with Gasteiger partial charge in [-0.3, -0.25) is 0 Å². The van der Waals surface area contributed by atoms with Crippen LogP contribution in [0.15, 0.2) is 30.3 Å². The summed E-state index contributed by atoms with van der Waals surface area (Å²) in [7, 11) is 0. The SMILES string of the molecule is CC(C)NC(=O)NCC1CN(c2ccccc2)CCO1. The van der Waals surface area contributed by atoms with E-state index in [0.717, 1.165) is 13.1 Å². The van der Waals surface area contributed by atoms with E-state index in [2.05, 4.69) is 27.7 Å². The maximum Gasteiger partial charge on any atom is 0.315 e. The molecular weight excluding hydrogens is 254 g/mol. The number of ether oxygens (including phenoxy) is 1. The molecule has 5 nitrogen and oxygen atoms in total. The molecule has 110 valence electrons. The maximum atomic E-state index is 11.6. The number of anilines is 1. The number of hydrogen-bond donors (Lipinski definition) is 2. The Kier molecular flexibility index (Phi) is 5.24. The van der Waals surface area contributed by atoms with Crippen molar-refractivity contribution in [3.05, 3.63) is 30.3 Å². The summed E-state index contributed by atoms with van der Waals surface area (Å²) in [5.41, 5.74) is 1.20. The number of urea groups is 1. The fourth-order valence-electron chi connectivity index (χ4n) is 2.24. The van der Waals surface area contributed by atoms with Crippen LogP contribution in [-0.2, 0) is 4.74 Å².